The molecular weight excluding hydrogens is 432 g/mol. The largest absolute Gasteiger partial charge is 0.383 e. The number of nitrogens with two attached hydrogens (primary N) is 1. The van der Waals surface area contributed by atoms with E-state index in [1.807, 2.05) is 45.9 Å². The van der Waals surface area contributed by atoms with Gasteiger partial charge < -0.3 is 11.1 Å². The molecule has 1 amide bonds. The number of carbonyl (C=O) groups excluding carboxylic acids is 1. The van der Waals surface area contributed by atoms with Crippen LogP contribution in [0.25, 0.3) is 0 Å². The maximum absolute atomic E-state index is 13.3. The summed E-state index contributed by atoms with van der Waals surface area (Å²) >= 11 is 1.27. The molecule has 9 heteroatoms. The number of sulfone groups is 1. The van der Waals surface area contributed by atoms with Crippen LogP contribution in [-0.2, 0) is 21.2 Å². The summed E-state index contributed by atoms with van der Waals surface area (Å²) in [6.07, 6.45) is 0. The summed E-state index contributed by atoms with van der Waals surface area (Å²) in [4.78, 5) is 12.7. The first-order valence-corrected chi connectivity index (χ1v) is 12.3. The molecule has 3 rings (SSSR count). The van der Waals surface area contributed by atoms with Gasteiger partial charge in [0.25, 0.3) is 0 Å². The molecule has 164 valence electrons. The molecule has 0 aliphatic carbocycles. The first kappa shape index (κ1) is 22.9. The Kier molecular flexibility index (Phi) is 6.76. The molecule has 1 aromatic heterocycles. The fraction of sp³-hybridized carbons (Fsp3) is 0.273. The van der Waals surface area contributed by atoms with Crippen LogP contribution in [0.4, 0.5) is 11.5 Å². The molecule has 0 radical (unpaired) electrons. The second-order valence-electron chi connectivity index (χ2n) is 7.29. The van der Waals surface area contributed by atoms with Crippen molar-refractivity contribution in [3.8, 4) is 0 Å². The number of hydrogen-bond donors (Lipinski definition) is 2. The summed E-state index contributed by atoms with van der Waals surface area (Å²) < 4.78 is 27.8. The quantitative estimate of drug-likeness (QED) is 0.519. The molecule has 0 aliphatic heterocycles. The number of benzene rings is 2. The highest BCUT2D eigenvalue weighted by molar-refractivity contribution is 8.00. The van der Waals surface area contributed by atoms with Crippen LogP contribution < -0.4 is 11.1 Å². The first-order chi connectivity index (χ1) is 14.6. The van der Waals surface area contributed by atoms with Crippen LogP contribution in [0.2, 0.25) is 0 Å². The van der Waals surface area contributed by atoms with E-state index in [9.17, 15) is 13.2 Å². The van der Waals surface area contributed by atoms with Gasteiger partial charge in [-0.25, -0.2) is 13.1 Å². The summed E-state index contributed by atoms with van der Waals surface area (Å²) in [5.41, 5.74) is 9.88. The molecule has 31 heavy (non-hydrogen) atoms. The molecule has 3 N–H and O–H groups in total. The smallest absolute Gasteiger partial charge is 0.246 e. The van der Waals surface area contributed by atoms with Gasteiger partial charge in [0.05, 0.1) is 4.90 Å². The number of amides is 1. The number of nitrogen functional groups attached to an aromatic ring is 1. The molecule has 2 aromatic carbocycles. The Morgan fingerprint density at radius 3 is 2.35 bits per heavy atom. The van der Waals surface area contributed by atoms with Crippen molar-refractivity contribution in [1.82, 2.24) is 9.78 Å². The van der Waals surface area contributed by atoms with Crippen LogP contribution in [0.15, 0.2) is 57.3 Å². The van der Waals surface area contributed by atoms with E-state index in [2.05, 4.69) is 10.4 Å². The number of aryl methyl sites for hydroxylation is 3. The fourth-order valence-corrected chi connectivity index (χ4v) is 5.71. The summed E-state index contributed by atoms with van der Waals surface area (Å²) in [6, 6.07) is 12.3. The standard InChI is InChI=1S/C22H26N4O3S2/c1-5-30-22-20(31(28,29)17-9-6-14(2)7-10-17)21(23)26(25-22)13-19(27)24-18-11-8-15(3)12-16(18)4/h6-12H,5,13,23H2,1-4H3,(H,24,27). The molecule has 0 fully saturated rings. The van der Waals surface area contributed by atoms with Gasteiger partial charge in [-0.05, 0) is 50.3 Å². The van der Waals surface area contributed by atoms with Crippen molar-refractivity contribution in [1.29, 1.82) is 0 Å². The zero-order valence-electron chi connectivity index (χ0n) is 18.0. The van der Waals surface area contributed by atoms with Gasteiger partial charge in [0.1, 0.15) is 22.3 Å². The number of anilines is 2. The minimum Gasteiger partial charge on any atom is -0.383 e. The lowest BCUT2D eigenvalue weighted by molar-refractivity contribution is -0.116. The average Bonchev–Trinajstić information content (AvgIpc) is 3.00. The van der Waals surface area contributed by atoms with Gasteiger partial charge in [0.2, 0.25) is 15.7 Å². The van der Waals surface area contributed by atoms with E-state index in [1.54, 1.807) is 24.3 Å². The summed E-state index contributed by atoms with van der Waals surface area (Å²) in [7, 11) is -3.89. The summed E-state index contributed by atoms with van der Waals surface area (Å²) in [5.74, 6) is 0.225. The number of hydrogen-bond acceptors (Lipinski definition) is 6. The summed E-state index contributed by atoms with van der Waals surface area (Å²) in [6.45, 7) is 7.48. The number of carbonyl (C=O) groups is 1. The van der Waals surface area contributed by atoms with Gasteiger partial charge >= 0.3 is 0 Å². The normalized spacial score (nSPS) is 11.5. The first-order valence-electron chi connectivity index (χ1n) is 9.81. The minimum absolute atomic E-state index is 0.0488. The third-order valence-corrected chi connectivity index (χ3v) is 7.56. The lowest BCUT2D eigenvalue weighted by atomic mass is 10.1. The van der Waals surface area contributed by atoms with Gasteiger partial charge in [-0.1, -0.05) is 42.3 Å². The average molecular weight is 459 g/mol. The second-order valence-corrected chi connectivity index (χ2v) is 10.4. The number of thioether (sulfide) groups is 1. The topological polar surface area (TPSA) is 107 Å². The van der Waals surface area contributed by atoms with Gasteiger partial charge in [-0.3, -0.25) is 4.79 Å². The number of nitrogens with one attached hydrogen (secondary N) is 1. The van der Waals surface area contributed by atoms with Crippen LogP contribution in [-0.4, -0.2) is 29.9 Å². The van der Waals surface area contributed by atoms with Crippen LogP contribution in [0, 0.1) is 20.8 Å². The Hall–Kier alpha value is -2.78. The second kappa shape index (κ2) is 9.15. The van der Waals surface area contributed by atoms with Crippen molar-refractivity contribution >= 4 is 39.0 Å². The third-order valence-electron chi connectivity index (χ3n) is 4.75. The van der Waals surface area contributed by atoms with Gasteiger partial charge in [0, 0.05) is 5.69 Å². The molecule has 0 saturated heterocycles. The van der Waals surface area contributed by atoms with E-state index in [1.165, 1.54) is 16.4 Å². The van der Waals surface area contributed by atoms with Crippen LogP contribution in [0.1, 0.15) is 23.6 Å². The fourth-order valence-electron chi connectivity index (χ4n) is 3.15. The molecule has 3 aromatic rings. The Balaban J connectivity index is 1.94. The SMILES string of the molecule is CCSc1nn(CC(=O)Nc2ccc(C)cc2C)c(N)c1S(=O)(=O)c1ccc(C)cc1. The number of aromatic nitrogens is 2. The van der Waals surface area contributed by atoms with E-state index >= 15 is 0 Å². The Labute approximate surface area is 187 Å². The third kappa shape index (κ3) is 4.94. The minimum atomic E-state index is -3.89. The zero-order valence-corrected chi connectivity index (χ0v) is 19.6. The molecule has 0 aliphatic rings. The van der Waals surface area contributed by atoms with E-state index < -0.39 is 9.84 Å². The van der Waals surface area contributed by atoms with E-state index in [-0.39, 0.29) is 28.1 Å². The zero-order chi connectivity index (χ0) is 22.8. The maximum atomic E-state index is 13.3. The summed E-state index contributed by atoms with van der Waals surface area (Å²) in [5, 5.41) is 7.47. The lowest BCUT2D eigenvalue weighted by Gasteiger charge is -2.10. The monoisotopic (exact) mass is 458 g/mol. The van der Waals surface area contributed by atoms with Gasteiger partial charge in [0.15, 0.2) is 0 Å². The van der Waals surface area contributed by atoms with Crippen molar-refractivity contribution in [2.24, 2.45) is 0 Å². The van der Waals surface area contributed by atoms with Crippen LogP contribution >= 0.6 is 11.8 Å². The van der Waals surface area contributed by atoms with E-state index in [0.29, 0.717) is 16.5 Å². The molecule has 0 saturated carbocycles. The Morgan fingerprint density at radius 2 is 1.74 bits per heavy atom. The van der Waals surface area contributed by atoms with Crippen molar-refractivity contribution in [3.63, 3.8) is 0 Å². The van der Waals surface area contributed by atoms with Gasteiger partial charge in [-0.2, -0.15) is 5.10 Å². The van der Waals surface area contributed by atoms with Crippen molar-refractivity contribution in [2.45, 2.75) is 49.1 Å². The van der Waals surface area contributed by atoms with Gasteiger partial charge in [-0.15, -0.1) is 11.8 Å². The van der Waals surface area contributed by atoms with Crippen LogP contribution in [0.5, 0.6) is 0 Å². The molecule has 7 nitrogen and oxygen atoms in total. The highest BCUT2D eigenvalue weighted by atomic mass is 32.2. The predicted octanol–water partition coefficient (Wildman–Crippen LogP) is 3.97. The Morgan fingerprint density at radius 1 is 1.10 bits per heavy atom. The highest BCUT2D eigenvalue weighted by Crippen LogP contribution is 2.35. The molecule has 0 bridgehead atoms. The number of rotatable bonds is 7. The highest BCUT2D eigenvalue weighted by Gasteiger charge is 2.30. The van der Waals surface area contributed by atoms with E-state index in [0.717, 1.165) is 16.7 Å². The lowest BCUT2D eigenvalue weighted by Crippen LogP contribution is -2.21. The molecule has 0 atom stereocenters. The molecule has 0 spiro atoms. The Bertz CT molecular complexity index is 1220. The van der Waals surface area contributed by atoms with Crippen molar-refractivity contribution < 1.29 is 13.2 Å². The maximum Gasteiger partial charge on any atom is 0.246 e. The molecule has 1 heterocycles. The number of nitrogens with zero attached hydrogens (tertiary/aromatic N) is 2. The van der Waals surface area contributed by atoms with Crippen molar-refractivity contribution in [3.05, 3.63) is 59.2 Å². The van der Waals surface area contributed by atoms with Crippen LogP contribution in [0.3, 0.4) is 0 Å². The molecular formula is C22H26N4O3S2. The molecule has 0 unspecified atom stereocenters. The predicted molar refractivity (Wildman–Crippen MR) is 124 cm³/mol. The van der Waals surface area contributed by atoms with Crippen molar-refractivity contribution in [2.75, 3.05) is 16.8 Å². The van der Waals surface area contributed by atoms with E-state index in [4.69, 9.17) is 5.73 Å².